The summed E-state index contributed by atoms with van der Waals surface area (Å²) in [5.41, 5.74) is 2.09. The van der Waals surface area contributed by atoms with E-state index in [1.54, 1.807) is 4.90 Å². The van der Waals surface area contributed by atoms with Gasteiger partial charge in [0.15, 0.2) is 0 Å². The number of rotatable bonds is 8. The number of carbonyl (C=O) groups is 4. The summed E-state index contributed by atoms with van der Waals surface area (Å²) in [6.07, 6.45) is 12.2. The highest BCUT2D eigenvalue weighted by Gasteiger charge is 2.33. The van der Waals surface area contributed by atoms with E-state index in [0.29, 0.717) is 73.8 Å². The van der Waals surface area contributed by atoms with Gasteiger partial charge in [-0.2, -0.15) is 0 Å². The Morgan fingerprint density at radius 2 is 0.846 bits per heavy atom. The lowest BCUT2D eigenvalue weighted by atomic mass is 9.72. The number of methoxy groups -OCH3 is 1. The Labute approximate surface area is 386 Å². The van der Waals surface area contributed by atoms with Gasteiger partial charge in [0.25, 0.3) is 11.8 Å². The largest absolute Gasteiger partial charge is 0.490 e. The van der Waals surface area contributed by atoms with Crippen LogP contribution in [-0.4, -0.2) is 84.2 Å². The van der Waals surface area contributed by atoms with Gasteiger partial charge in [0.1, 0.15) is 11.5 Å². The summed E-state index contributed by atoms with van der Waals surface area (Å²) in [6, 6.07) is 23.9. The molecule has 2 saturated carbocycles. The standard InChI is InChI=1S/C28H37NO4.C27H35NO4/c1-28(2,3)23-8-11-24(12-9-23)33-25-10-7-20-17-22(6-5-21(20)18-25)26(30)29-15-13-19(14-16-29)27(31)32-4;1-27(2,3)22-7-10-23(11-8-22)32-24-9-6-19-16-21(5-4-20(19)17-24)25(29)28-14-12-18(13-15-28)26(30)31/h5-7,10,17-19,23-24H,8-9,11-16H2,1-4H3;4-6,9,16-18,22-23H,7-8,10-15H2,1-3H3,(H,30,31). The van der Waals surface area contributed by atoms with E-state index in [2.05, 4.69) is 53.7 Å². The molecule has 4 aromatic carbocycles. The molecule has 350 valence electrons. The maximum absolute atomic E-state index is 13.0. The van der Waals surface area contributed by atoms with Gasteiger partial charge >= 0.3 is 11.9 Å². The minimum atomic E-state index is -0.761. The maximum atomic E-state index is 13.0. The Bertz CT molecular complexity index is 2290. The van der Waals surface area contributed by atoms with Crippen molar-refractivity contribution in [3.8, 4) is 11.5 Å². The summed E-state index contributed by atoms with van der Waals surface area (Å²) in [5.74, 6) is 1.98. The molecule has 1 N–H and O–H groups in total. The molecule has 2 heterocycles. The molecule has 65 heavy (non-hydrogen) atoms. The SMILES string of the molecule is CC(C)(C)C1CCC(Oc2ccc3cc(C(=O)N4CCC(C(=O)O)CC4)ccc3c2)CC1.COC(=O)C1CCN(C(=O)c2ccc3cc(OC4CCC(C(C)(C)C)CC4)ccc3c2)CC1. The summed E-state index contributed by atoms with van der Waals surface area (Å²) in [4.78, 5) is 52.4. The highest BCUT2D eigenvalue weighted by Crippen LogP contribution is 2.40. The predicted molar refractivity (Wildman–Crippen MR) is 256 cm³/mol. The normalized spacial score (nSPS) is 22.4. The second-order valence-corrected chi connectivity index (χ2v) is 21.4. The molecule has 0 aromatic heterocycles. The highest BCUT2D eigenvalue weighted by molar-refractivity contribution is 6.00. The Morgan fingerprint density at radius 3 is 1.20 bits per heavy atom. The number of esters is 1. The van der Waals surface area contributed by atoms with Crippen LogP contribution >= 0.6 is 0 Å². The van der Waals surface area contributed by atoms with Crippen molar-refractivity contribution < 1.29 is 38.5 Å². The van der Waals surface area contributed by atoms with E-state index in [0.717, 1.165) is 70.6 Å². The minimum Gasteiger partial charge on any atom is -0.490 e. The molecule has 0 spiro atoms. The van der Waals surface area contributed by atoms with Gasteiger partial charge < -0.3 is 29.1 Å². The van der Waals surface area contributed by atoms with Crippen LogP contribution in [0.4, 0.5) is 0 Å². The molecular weight excluding hydrogens is 817 g/mol. The average molecular weight is 889 g/mol. The number of amides is 2. The van der Waals surface area contributed by atoms with Gasteiger partial charge in [0.05, 0.1) is 31.2 Å². The topological polar surface area (TPSA) is 123 Å². The van der Waals surface area contributed by atoms with Crippen molar-refractivity contribution in [3.63, 3.8) is 0 Å². The average Bonchev–Trinajstić information content (AvgIpc) is 3.30. The number of piperidine rings is 2. The quantitative estimate of drug-likeness (QED) is 0.174. The van der Waals surface area contributed by atoms with E-state index in [-0.39, 0.29) is 41.8 Å². The zero-order valence-electron chi connectivity index (χ0n) is 39.9. The van der Waals surface area contributed by atoms with Crippen LogP contribution in [0.2, 0.25) is 0 Å². The monoisotopic (exact) mass is 889 g/mol. The number of hydrogen-bond acceptors (Lipinski definition) is 7. The molecule has 8 rings (SSSR count). The van der Waals surface area contributed by atoms with E-state index in [1.165, 1.54) is 32.8 Å². The molecule has 4 aromatic rings. The van der Waals surface area contributed by atoms with Crippen molar-refractivity contribution in [2.75, 3.05) is 33.3 Å². The number of carboxylic acids is 1. The minimum absolute atomic E-state index is 0.0216. The molecule has 10 nitrogen and oxygen atoms in total. The molecule has 2 aliphatic carbocycles. The number of hydrogen-bond donors (Lipinski definition) is 1. The maximum Gasteiger partial charge on any atom is 0.308 e. The molecule has 4 aliphatic rings. The van der Waals surface area contributed by atoms with Crippen LogP contribution in [0.1, 0.15) is 139 Å². The van der Waals surface area contributed by atoms with Gasteiger partial charge in [-0.25, -0.2) is 0 Å². The van der Waals surface area contributed by atoms with Gasteiger partial charge in [-0.05, 0) is 170 Å². The first-order chi connectivity index (χ1) is 30.9. The van der Waals surface area contributed by atoms with Crippen molar-refractivity contribution in [1.29, 1.82) is 0 Å². The van der Waals surface area contributed by atoms with Crippen molar-refractivity contribution >= 4 is 45.3 Å². The van der Waals surface area contributed by atoms with Gasteiger partial charge in [-0.3, -0.25) is 19.2 Å². The van der Waals surface area contributed by atoms with Gasteiger partial charge in [-0.15, -0.1) is 0 Å². The fraction of sp³-hybridized carbons (Fsp3) is 0.564. The van der Waals surface area contributed by atoms with E-state index in [4.69, 9.17) is 19.3 Å². The molecule has 0 unspecified atom stereocenters. The Morgan fingerprint density at radius 1 is 0.492 bits per heavy atom. The lowest BCUT2D eigenvalue weighted by Crippen LogP contribution is -2.40. The predicted octanol–water partition coefficient (Wildman–Crippen LogP) is 11.6. The zero-order chi connectivity index (χ0) is 46.5. The summed E-state index contributed by atoms with van der Waals surface area (Å²) >= 11 is 0. The lowest BCUT2D eigenvalue weighted by Gasteiger charge is -2.37. The van der Waals surface area contributed by atoms with Crippen molar-refractivity contribution in [2.45, 2.75) is 131 Å². The number of benzene rings is 4. The molecule has 0 atom stereocenters. The molecule has 2 saturated heterocycles. The fourth-order valence-electron chi connectivity index (χ4n) is 10.5. The lowest BCUT2D eigenvalue weighted by molar-refractivity contribution is -0.147. The van der Waals surface area contributed by atoms with E-state index >= 15 is 0 Å². The van der Waals surface area contributed by atoms with E-state index in [9.17, 15) is 19.2 Å². The molecule has 0 radical (unpaired) electrons. The van der Waals surface area contributed by atoms with Crippen LogP contribution in [0.15, 0.2) is 72.8 Å². The number of carbonyl (C=O) groups excluding carboxylic acids is 3. The van der Waals surface area contributed by atoms with Gasteiger partial charge in [0.2, 0.25) is 0 Å². The van der Waals surface area contributed by atoms with Crippen molar-refractivity contribution in [1.82, 2.24) is 9.80 Å². The summed E-state index contributed by atoms with van der Waals surface area (Å²) < 4.78 is 17.5. The molecule has 10 heteroatoms. The molecule has 4 fully saturated rings. The summed E-state index contributed by atoms with van der Waals surface area (Å²) in [6.45, 7) is 16.2. The first kappa shape index (κ1) is 47.8. The molecule has 2 aliphatic heterocycles. The number of fused-ring (bicyclic) bond motifs is 2. The second kappa shape index (κ2) is 20.6. The third-order valence-electron chi connectivity index (χ3n) is 15.0. The molecular formula is C55H72N2O8. The molecule has 2 amide bonds. The second-order valence-electron chi connectivity index (χ2n) is 21.4. The van der Waals surface area contributed by atoms with Crippen LogP contribution < -0.4 is 9.47 Å². The summed E-state index contributed by atoms with van der Waals surface area (Å²) in [5, 5.41) is 13.3. The number of ether oxygens (including phenoxy) is 3. The number of nitrogens with zero attached hydrogens (tertiary/aromatic N) is 2. The van der Waals surface area contributed by atoms with Gasteiger partial charge in [-0.1, -0.05) is 65.8 Å². The first-order valence-corrected chi connectivity index (χ1v) is 24.3. The van der Waals surface area contributed by atoms with Gasteiger partial charge in [0, 0.05) is 37.3 Å². The van der Waals surface area contributed by atoms with Crippen molar-refractivity contribution in [3.05, 3.63) is 83.9 Å². The van der Waals surface area contributed by atoms with E-state index in [1.807, 2.05) is 65.6 Å². The van der Waals surface area contributed by atoms with Crippen LogP contribution in [0.5, 0.6) is 11.5 Å². The smallest absolute Gasteiger partial charge is 0.308 e. The summed E-state index contributed by atoms with van der Waals surface area (Å²) in [7, 11) is 1.42. The van der Waals surface area contributed by atoms with Crippen molar-refractivity contribution in [2.24, 2.45) is 34.5 Å². The number of likely N-dealkylation sites (tertiary alicyclic amines) is 2. The first-order valence-electron chi connectivity index (χ1n) is 24.3. The number of carboxylic acid groups (broad SMARTS) is 1. The Hall–Kier alpha value is -5.12. The van der Waals surface area contributed by atoms with Crippen LogP contribution in [-0.2, 0) is 14.3 Å². The van der Waals surface area contributed by atoms with Crippen LogP contribution in [0.25, 0.3) is 21.5 Å². The molecule has 0 bridgehead atoms. The number of aliphatic carboxylic acids is 1. The van der Waals surface area contributed by atoms with E-state index < -0.39 is 5.97 Å². The zero-order valence-corrected chi connectivity index (χ0v) is 39.9. The third kappa shape index (κ3) is 12.2. The van der Waals surface area contributed by atoms with Crippen LogP contribution in [0.3, 0.4) is 0 Å². The van der Waals surface area contributed by atoms with Crippen LogP contribution in [0, 0.1) is 34.5 Å². The third-order valence-corrected chi connectivity index (χ3v) is 15.0. The highest BCUT2D eigenvalue weighted by atomic mass is 16.5. The Kier molecular flexibility index (Phi) is 15.2. The fourth-order valence-corrected chi connectivity index (χ4v) is 10.5. The Balaban J connectivity index is 0.000000194.